The molecule has 0 aliphatic rings. The SMILES string of the molecule is O=C(O)/C=C\c1ccc(OCCc2ccccc2)c([N+](=O)[O-])c1. The van der Waals surface area contributed by atoms with E-state index in [-0.39, 0.29) is 11.4 Å². The van der Waals surface area contributed by atoms with Gasteiger partial charge in [-0.2, -0.15) is 0 Å². The summed E-state index contributed by atoms with van der Waals surface area (Å²) in [6.07, 6.45) is 2.86. The van der Waals surface area contributed by atoms with Gasteiger partial charge >= 0.3 is 11.7 Å². The maximum atomic E-state index is 11.1. The summed E-state index contributed by atoms with van der Waals surface area (Å²) in [6.45, 7) is 0.315. The summed E-state index contributed by atoms with van der Waals surface area (Å²) in [5, 5.41) is 19.7. The van der Waals surface area contributed by atoms with Gasteiger partial charge in [0.15, 0.2) is 5.75 Å². The summed E-state index contributed by atoms with van der Waals surface area (Å²) in [6, 6.07) is 14.0. The molecule has 6 heteroatoms. The van der Waals surface area contributed by atoms with E-state index < -0.39 is 10.9 Å². The fourth-order valence-electron chi connectivity index (χ4n) is 1.99. The minimum absolute atomic E-state index is 0.165. The molecule has 2 aromatic carbocycles. The highest BCUT2D eigenvalue weighted by molar-refractivity contribution is 5.85. The minimum Gasteiger partial charge on any atom is -0.486 e. The quantitative estimate of drug-likeness (QED) is 0.481. The molecule has 118 valence electrons. The summed E-state index contributed by atoms with van der Waals surface area (Å²) < 4.78 is 5.50. The fraction of sp³-hybridized carbons (Fsp3) is 0.118. The molecule has 23 heavy (non-hydrogen) atoms. The number of aliphatic carboxylic acids is 1. The molecule has 0 spiro atoms. The van der Waals surface area contributed by atoms with Crippen molar-refractivity contribution in [3.63, 3.8) is 0 Å². The molecule has 0 aliphatic carbocycles. The first-order valence-electron chi connectivity index (χ1n) is 6.92. The second-order valence-electron chi connectivity index (χ2n) is 4.74. The third-order valence-electron chi connectivity index (χ3n) is 3.09. The van der Waals surface area contributed by atoms with Crippen LogP contribution in [-0.2, 0) is 11.2 Å². The van der Waals surface area contributed by atoms with Crippen molar-refractivity contribution in [2.75, 3.05) is 6.61 Å². The molecule has 0 saturated heterocycles. The van der Waals surface area contributed by atoms with Gasteiger partial charge in [-0.05, 0) is 23.3 Å². The number of hydrogen-bond acceptors (Lipinski definition) is 4. The van der Waals surface area contributed by atoms with Crippen molar-refractivity contribution >= 4 is 17.7 Å². The molecule has 0 aliphatic heterocycles. The molecule has 0 atom stereocenters. The summed E-state index contributed by atoms with van der Waals surface area (Å²) in [7, 11) is 0. The molecule has 0 saturated carbocycles. The Morgan fingerprint density at radius 2 is 1.96 bits per heavy atom. The molecule has 0 aromatic heterocycles. The Hall–Kier alpha value is -3.15. The standard InChI is InChI=1S/C17H15NO5/c19-17(20)9-7-14-6-8-16(15(12-14)18(21)22)23-11-10-13-4-2-1-3-5-13/h1-9,12H,10-11H2,(H,19,20)/b9-7-. The molecule has 0 unspecified atom stereocenters. The highest BCUT2D eigenvalue weighted by Gasteiger charge is 2.15. The van der Waals surface area contributed by atoms with Gasteiger partial charge in [0.25, 0.3) is 0 Å². The van der Waals surface area contributed by atoms with Crippen molar-refractivity contribution in [2.24, 2.45) is 0 Å². The average Bonchev–Trinajstić information content (AvgIpc) is 2.54. The van der Waals surface area contributed by atoms with Crippen LogP contribution in [0.2, 0.25) is 0 Å². The zero-order valence-electron chi connectivity index (χ0n) is 12.2. The Morgan fingerprint density at radius 1 is 1.22 bits per heavy atom. The average molecular weight is 313 g/mol. The van der Waals surface area contributed by atoms with Crippen LogP contribution >= 0.6 is 0 Å². The lowest BCUT2D eigenvalue weighted by Crippen LogP contribution is -2.03. The maximum Gasteiger partial charge on any atom is 0.328 e. The predicted octanol–water partition coefficient (Wildman–Crippen LogP) is 3.31. The number of hydrogen-bond donors (Lipinski definition) is 1. The van der Waals surface area contributed by atoms with Crippen LogP contribution in [0.3, 0.4) is 0 Å². The Kier molecular flexibility index (Phi) is 5.46. The Morgan fingerprint density at radius 3 is 2.61 bits per heavy atom. The molecule has 0 radical (unpaired) electrons. The minimum atomic E-state index is -1.11. The zero-order valence-corrected chi connectivity index (χ0v) is 12.2. The van der Waals surface area contributed by atoms with Gasteiger partial charge < -0.3 is 9.84 Å². The van der Waals surface area contributed by atoms with Crippen LogP contribution < -0.4 is 4.74 Å². The number of ether oxygens (including phenoxy) is 1. The van der Waals surface area contributed by atoms with Gasteiger partial charge in [0.1, 0.15) is 0 Å². The number of carboxylic acid groups (broad SMARTS) is 1. The van der Waals surface area contributed by atoms with E-state index in [0.717, 1.165) is 11.6 Å². The van der Waals surface area contributed by atoms with E-state index in [1.54, 1.807) is 6.07 Å². The number of carboxylic acids is 1. The first-order chi connectivity index (χ1) is 11.1. The van der Waals surface area contributed by atoms with Crippen molar-refractivity contribution in [3.05, 3.63) is 75.8 Å². The van der Waals surface area contributed by atoms with Crippen molar-refractivity contribution in [1.29, 1.82) is 0 Å². The molecule has 2 rings (SSSR count). The number of carbonyl (C=O) groups is 1. The first kappa shape index (κ1) is 16.2. The Bertz CT molecular complexity index is 725. The van der Waals surface area contributed by atoms with Gasteiger partial charge in [0, 0.05) is 18.6 Å². The maximum absolute atomic E-state index is 11.1. The first-order valence-corrected chi connectivity index (χ1v) is 6.92. The summed E-state index contributed by atoms with van der Waals surface area (Å²) in [5.41, 5.74) is 1.32. The fourth-order valence-corrected chi connectivity index (χ4v) is 1.99. The van der Waals surface area contributed by atoms with Gasteiger partial charge in [-0.1, -0.05) is 36.4 Å². The van der Waals surface area contributed by atoms with Gasteiger partial charge in [-0.25, -0.2) is 4.79 Å². The van der Waals surface area contributed by atoms with E-state index in [1.807, 2.05) is 30.3 Å². The molecule has 2 aromatic rings. The normalized spacial score (nSPS) is 10.6. The van der Waals surface area contributed by atoms with Crippen LogP contribution in [0.5, 0.6) is 5.75 Å². The number of nitrogens with zero attached hydrogens (tertiary/aromatic N) is 1. The monoisotopic (exact) mass is 313 g/mol. The van der Waals surface area contributed by atoms with Crippen LogP contribution in [-0.4, -0.2) is 22.6 Å². The van der Waals surface area contributed by atoms with Gasteiger partial charge in [-0.3, -0.25) is 10.1 Å². The second-order valence-corrected chi connectivity index (χ2v) is 4.74. The molecular weight excluding hydrogens is 298 g/mol. The van der Waals surface area contributed by atoms with E-state index in [1.165, 1.54) is 18.2 Å². The van der Waals surface area contributed by atoms with Gasteiger partial charge in [-0.15, -0.1) is 0 Å². The third-order valence-corrected chi connectivity index (χ3v) is 3.09. The third kappa shape index (κ3) is 4.96. The van der Waals surface area contributed by atoms with E-state index >= 15 is 0 Å². The van der Waals surface area contributed by atoms with Crippen LogP contribution in [0.4, 0.5) is 5.69 Å². The van der Waals surface area contributed by atoms with E-state index in [9.17, 15) is 14.9 Å². The highest BCUT2D eigenvalue weighted by atomic mass is 16.6. The Balaban J connectivity index is 2.08. The number of benzene rings is 2. The number of nitro benzene ring substituents is 1. The van der Waals surface area contributed by atoms with Gasteiger partial charge in [0.2, 0.25) is 0 Å². The van der Waals surface area contributed by atoms with E-state index in [4.69, 9.17) is 9.84 Å². The van der Waals surface area contributed by atoms with Crippen LogP contribution in [0.25, 0.3) is 6.08 Å². The second kappa shape index (κ2) is 7.74. The largest absolute Gasteiger partial charge is 0.486 e. The highest BCUT2D eigenvalue weighted by Crippen LogP contribution is 2.28. The molecule has 0 bridgehead atoms. The summed E-state index contributed by atoms with van der Waals surface area (Å²) >= 11 is 0. The number of nitro groups is 1. The molecule has 0 heterocycles. The van der Waals surface area contributed by atoms with E-state index in [0.29, 0.717) is 18.6 Å². The predicted molar refractivity (Wildman–Crippen MR) is 85.4 cm³/mol. The smallest absolute Gasteiger partial charge is 0.328 e. The molecular formula is C17H15NO5. The lowest BCUT2D eigenvalue weighted by atomic mass is 10.1. The van der Waals surface area contributed by atoms with Gasteiger partial charge in [0.05, 0.1) is 11.5 Å². The van der Waals surface area contributed by atoms with Crippen molar-refractivity contribution < 1.29 is 19.6 Å². The summed E-state index contributed by atoms with van der Waals surface area (Å²) in [5.74, 6) is -0.950. The number of rotatable bonds is 7. The van der Waals surface area contributed by atoms with E-state index in [2.05, 4.69) is 0 Å². The molecule has 6 nitrogen and oxygen atoms in total. The van der Waals surface area contributed by atoms with Crippen LogP contribution in [0.15, 0.2) is 54.6 Å². The summed E-state index contributed by atoms with van der Waals surface area (Å²) in [4.78, 5) is 21.1. The van der Waals surface area contributed by atoms with Crippen molar-refractivity contribution in [1.82, 2.24) is 0 Å². The van der Waals surface area contributed by atoms with Crippen molar-refractivity contribution in [3.8, 4) is 5.75 Å². The Labute approximate surface area is 132 Å². The molecule has 1 N–H and O–H groups in total. The lowest BCUT2D eigenvalue weighted by molar-refractivity contribution is -0.385. The van der Waals surface area contributed by atoms with Crippen LogP contribution in [0, 0.1) is 10.1 Å². The molecule has 0 fully saturated rings. The topological polar surface area (TPSA) is 89.7 Å². The van der Waals surface area contributed by atoms with Crippen LogP contribution in [0.1, 0.15) is 11.1 Å². The lowest BCUT2D eigenvalue weighted by Gasteiger charge is -2.07. The molecule has 0 amide bonds. The van der Waals surface area contributed by atoms with Crippen molar-refractivity contribution in [2.45, 2.75) is 6.42 Å². The zero-order chi connectivity index (χ0) is 16.7.